The van der Waals surface area contributed by atoms with Crippen LogP contribution in [0.1, 0.15) is 12.5 Å². The van der Waals surface area contributed by atoms with Crippen LogP contribution in [-0.2, 0) is 25.2 Å². The molecule has 1 fully saturated rings. The van der Waals surface area contributed by atoms with Crippen LogP contribution in [0.3, 0.4) is 0 Å². The Morgan fingerprint density at radius 3 is 2.48 bits per heavy atom. The fraction of sp³-hybridized carbons (Fsp3) is 0.167. The molecule has 0 radical (unpaired) electrons. The first kappa shape index (κ1) is 20.8. The van der Waals surface area contributed by atoms with Gasteiger partial charge in [0.25, 0.3) is 5.91 Å². The van der Waals surface area contributed by atoms with Crippen LogP contribution in [0.2, 0.25) is 5.02 Å². The van der Waals surface area contributed by atoms with Crippen LogP contribution < -0.4 is 15.8 Å². The van der Waals surface area contributed by atoms with Gasteiger partial charge in [-0.15, -0.1) is 0 Å². The lowest BCUT2D eigenvalue weighted by molar-refractivity contribution is -0.133. The molecule has 1 atom stereocenters. The van der Waals surface area contributed by atoms with Crippen molar-refractivity contribution in [1.82, 2.24) is 10.2 Å². The Morgan fingerprint density at radius 2 is 1.86 bits per heavy atom. The van der Waals surface area contributed by atoms with E-state index in [2.05, 4.69) is 10.6 Å². The molecule has 3 rings (SSSR count). The Labute approximate surface area is 171 Å². The number of halogens is 1. The van der Waals surface area contributed by atoms with E-state index in [9.17, 15) is 22.8 Å². The minimum absolute atomic E-state index is 0.161. The lowest BCUT2D eigenvalue weighted by atomic mass is 9.92. The molecule has 2 aromatic carbocycles. The Morgan fingerprint density at radius 1 is 1.21 bits per heavy atom. The van der Waals surface area contributed by atoms with Crippen molar-refractivity contribution in [2.45, 2.75) is 17.4 Å². The molecular weight excluding hydrogens is 420 g/mol. The lowest BCUT2D eigenvalue weighted by Gasteiger charge is -2.22. The van der Waals surface area contributed by atoms with E-state index in [1.165, 1.54) is 31.2 Å². The average molecular weight is 437 g/mol. The third-order valence-corrected chi connectivity index (χ3v) is 5.61. The van der Waals surface area contributed by atoms with Gasteiger partial charge in [-0.25, -0.2) is 18.4 Å². The number of carbonyl (C=O) groups excluding carboxylic acids is 3. The monoisotopic (exact) mass is 436 g/mol. The van der Waals surface area contributed by atoms with Crippen molar-refractivity contribution in [2.75, 3.05) is 11.9 Å². The van der Waals surface area contributed by atoms with E-state index in [4.69, 9.17) is 16.7 Å². The van der Waals surface area contributed by atoms with E-state index >= 15 is 0 Å². The molecule has 1 saturated heterocycles. The first-order valence-corrected chi connectivity index (χ1v) is 10.3. The second-order valence-corrected chi connectivity index (χ2v) is 8.57. The van der Waals surface area contributed by atoms with Crippen molar-refractivity contribution in [3.63, 3.8) is 0 Å². The van der Waals surface area contributed by atoms with Gasteiger partial charge in [0.1, 0.15) is 12.1 Å². The van der Waals surface area contributed by atoms with Crippen LogP contribution in [0, 0.1) is 0 Å². The molecule has 152 valence electrons. The Balaban J connectivity index is 1.75. The molecule has 0 saturated carbocycles. The molecule has 11 heteroatoms. The van der Waals surface area contributed by atoms with E-state index in [1.807, 2.05) is 0 Å². The van der Waals surface area contributed by atoms with Crippen molar-refractivity contribution in [3.05, 3.63) is 59.1 Å². The van der Waals surface area contributed by atoms with E-state index in [1.54, 1.807) is 24.3 Å². The number of primary sulfonamides is 1. The number of imide groups is 1. The summed E-state index contributed by atoms with van der Waals surface area (Å²) < 4.78 is 22.8. The molecule has 0 bridgehead atoms. The Hall–Kier alpha value is -2.95. The van der Waals surface area contributed by atoms with Gasteiger partial charge in [-0.3, -0.25) is 14.5 Å². The summed E-state index contributed by atoms with van der Waals surface area (Å²) in [5.74, 6) is -1.28. The van der Waals surface area contributed by atoms with Crippen molar-refractivity contribution in [3.8, 4) is 0 Å². The highest BCUT2D eigenvalue weighted by molar-refractivity contribution is 7.89. The maximum absolute atomic E-state index is 12.8. The first-order chi connectivity index (χ1) is 13.5. The quantitative estimate of drug-likeness (QED) is 0.608. The number of hydrogen-bond donors (Lipinski definition) is 3. The maximum Gasteiger partial charge on any atom is 0.325 e. The topological polar surface area (TPSA) is 139 Å². The summed E-state index contributed by atoms with van der Waals surface area (Å²) in [6.07, 6.45) is 0. The molecule has 4 amide bonds. The molecule has 9 nitrogen and oxygen atoms in total. The number of carbonyl (C=O) groups is 3. The number of benzene rings is 2. The second kappa shape index (κ2) is 7.47. The Kier molecular flexibility index (Phi) is 5.35. The van der Waals surface area contributed by atoms with Gasteiger partial charge >= 0.3 is 6.03 Å². The van der Waals surface area contributed by atoms with Gasteiger partial charge < -0.3 is 10.6 Å². The van der Waals surface area contributed by atoms with Gasteiger partial charge in [-0.2, -0.15) is 0 Å². The van der Waals surface area contributed by atoms with Crippen molar-refractivity contribution in [2.24, 2.45) is 5.14 Å². The largest absolute Gasteiger partial charge is 0.325 e. The minimum atomic E-state index is -3.94. The second-order valence-electron chi connectivity index (χ2n) is 6.57. The Bertz CT molecular complexity index is 1100. The molecule has 2 aromatic rings. The van der Waals surface area contributed by atoms with Crippen LogP contribution >= 0.6 is 11.6 Å². The summed E-state index contributed by atoms with van der Waals surface area (Å²) in [6, 6.07) is 11.0. The van der Waals surface area contributed by atoms with Gasteiger partial charge in [-0.05, 0) is 42.8 Å². The molecule has 0 aromatic heterocycles. The van der Waals surface area contributed by atoms with E-state index in [0.717, 1.165) is 4.90 Å². The number of anilines is 1. The number of nitrogens with zero attached hydrogens (tertiary/aromatic N) is 1. The number of sulfonamides is 1. The third-order valence-electron chi connectivity index (χ3n) is 4.44. The van der Waals surface area contributed by atoms with E-state index in [-0.39, 0.29) is 10.6 Å². The molecule has 1 aliphatic heterocycles. The van der Waals surface area contributed by atoms with E-state index in [0.29, 0.717) is 10.6 Å². The number of nitrogens with one attached hydrogen (secondary N) is 2. The number of nitrogens with two attached hydrogens (primary N) is 1. The summed E-state index contributed by atoms with van der Waals surface area (Å²) in [7, 11) is -3.94. The fourth-order valence-electron chi connectivity index (χ4n) is 2.91. The van der Waals surface area contributed by atoms with Crippen LogP contribution in [0.25, 0.3) is 0 Å². The van der Waals surface area contributed by atoms with Gasteiger partial charge in [0.15, 0.2) is 0 Å². The zero-order valence-electron chi connectivity index (χ0n) is 15.2. The summed E-state index contributed by atoms with van der Waals surface area (Å²) in [4.78, 5) is 38.1. The van der Waals surface area contributed by atoms with Gasteiger partial charge in [0, 0.05) is 10.7 Å². The van der Waals surface area contributed by atoms with Gasteiger partial charge in [0.05, 0.1) is 4.90 Å². The molecule has 0 spiro atoms. The number of amides is 4. The van der Waals surface area contributed by atoms with Crippen molar-refractivity contribution >= 4 is 45.2 Å². The van der Waals surface area contributed by atoms with E-state index < -0.39 is 40.0 Å². The minimum Gasteiger partial charge on any atom is -0.324 e. The summed E-state index contributed by atoms with van der Waals surface area (Å²) >= 11 is 5.86. The molecule has 1 heterocycles. The molecule has 0 aliphatic carbocycles. The van der Waals surface area contributed by atoms with Gasteiger partial charge in [0.2, 0.25) is 15.9 Å². The maximum atomic E-state index is 12.8. The normalized spacial score (nSPS) is 19.2. The molecular formula is C18H17ClN4O5S. The highest BCUT2D eigenvalue weighted by Crippen LogP contribution is 2.29. The number of urea groups is 1. The summed E-state index contributed by atoms with van der Waals surface area (Å²) in [5.41, 5.74) is -0.659. The number of rotatable bonds is 5. The third kappa shape index (κ3) is 4.24. The SMILES string of the molecule is CC1(c2ccc(Cl)cc2)NC(=O)N(CC(=O)Nc2cccc(S(N)(=O)=O)c2)C1=O. The smallest absolute Gasteiger partial charge is 0.324 e. The lowest BCUT2D eigenvalue weighted by Crippen LogP contribution is -2.42. The number of hydrogen-bond acceptors (Lipinski definition) is 5. The summed E-state index contributed by atoms with van der Waals surface area (Å²) in [5, 5.41) is 10.6. The molecule has 29 heavy (non-hydrogen) atoms. The highest BCUT2D eigenvalue weighted by atomic mass is 35.5. The van der Waals surface area contributed by atoms with Crippen molar-refractivity contribution in [1.29, 1.82) is 0 Å². The van der Waals surface area contributed by atoms with Gasteiger partial charge in [-0.1, -0.05) is 29.8 Å². The molecule has 1 aliphatic rings. The predicted octanol–water partition coefficient (Wildman–Crippen LogP) is 1.39. The standard InChI is InChI=1S/C18H17ClN4O5S/c1-18(11-5-7-12(19)8-6-11)16(25)23(17(26)22-18)10-15(24)21-13-3-2-4-14(9-13)29(20,27)28/h2-9H,10H2,1H3,(H,21,24)(H,22,26)(H2,20,27,28). The van der Waals surface area contributed by atoms with Crippen LogP contribution in [0.4, 0.5) is 10.5 Å². The fourth-order valence-corrected chi connectivity index (χ4v) is 3.60. The van der Waals surface area contributed by atoms with Crippen LogP contribution in [0.15, 0.2) is 53.4 Å². The zero-order chi connectivity index (χ0) is 21.4. The highest BCUT2D eigenvalue weighted by Gasteiger charge is 2.49. The molecule has 1 unspecified atom stereocenters. The summed E-state index contributed by atoms with van der Waals surface area (Å²) in [6.45, 7) is 0.984. The zero-order valence-corrected chi connectivity index (χ0v) is 16.8. The predicted molar refractivity (Wildman–Crippen MR) is 105 cm³/mol. The molecule has 4 N–H and O–H groups in total. The average Bonchev–Trinajstić information content (AvgIpc) is 2.86. The van der Waals surface area contributed by atoms with Crippen LogP contribution in [-0.4, -0.2) is 37.7 Å². The first-order valence-electron chi connectivity index (χ1n) is 8.33. The van der Waals surface area contributed by atoms with Crippen molar-refractivity contribution < 1.29 is 22.8 Å². The van der Waals surface area contributed by atoms with Crippen LogP contribution in [0.5, 0.6) is 0 Å².